The highest BCUT2D eigenvalue weighted by Crippen LogP contribution is 2.39. The molecule has 0 saturated carbocycles. The fourth-order valence-electron chi connectivity index (χ4n) is 2.31. The number of nitrogens with one attached hydrogen (secondary N) is 1. The summed E-state index contributed by atoms with van der Waals surface area (Å²) in [5, 5.41) is 25.8. The highest BCUT2D eigenvalue weighted by Gasteiger charge is 2.26. The summed E-state index contributed by atoms with van der Waals surface area (Å²) in [6.45, 7) is 0. The Balaban J connectivity index is 2.26. The average molecular weight is 389 g/mol. The monoisotopic (exact) mass is 388 g/mol. The van der Waals surface area contributed by atoms with Crippen molar-refractivity contribution in [2.75, 3.05) is 5.32 Å². The summed E-state index contributed by atoms with van der Waals surface area (Å²) in [6, 6.07) is 11.0. The number of fused-ring (bicyclic) bond motifs is 1. The molecule has 0 bridgehead atoms. The van der Waals surface area contributed by atoms with Gasteiger partial charge in [-0.15, -0.1) is 0 Å². The maximum Gasteiger partial charge on any atom is 0.301 e. The van der Waals surface area contributed by atoms with Gasteiger partial charge in [-0.05, 0) is 36.4 Å². The molecular weight excluding hydrogens is 380 g/mol. The van der Waals surface area contributed by atoms with E-state index in [0.29, 0.717) is 5.69 Å². The number of halogens is 1. The second-order valence-corrected chi connectivity index (χ2v) is 5.75. The van der Waals surface area contributed by atoms with Crippen molar-refractivity contribution >= 4 is 49.6 Å². The molecule has 9 heteroatoms. The molecule has 0 aliphatic carbocycles. The van der Waals surface area contributed by atoms with Crippen LogP contribution in [0.15, 0.2) is 53.1 Å². The number of hydrogen-bond donors (Lipinski definition) is 1. The Hall–Kier alpha value is -3.07. The van der Waals surface area contributed by atoms with E-state index in [4.69, 9.17) is 0 Å². The third-order valence-corrected chi connectivity index (χ3v) is 3.89. The molecule has 0 saturated heterocycles. The first-order chi connectivity index (χ1) is 11.5. The molecule has 3 aromatic rings. The summed E-state index contributed by atoms with van der Waals surface area (Å²) in [7, 11) is 0. The van der Waals surface area contributed by atoms with Crippen LogP contribution in [-0.4, -0.2) is 14.8 Å². The predicted octanol–water partition coefficient (Wildman–Crippen LogP) is 4.56. The zero-order valence-electron chi connectivity index (χ0n) is 12.0. The Morgan fingerprint density at radius 2 is 1.67 bits per heavy atom. The number of aromatic nitrogens is 1. The normalized spacial score (nSPS) is 10.5. The van der Waals surface area contributed by atoms with E-state index in [1.165, 1.54) is 12.3 Å². The van der Waals surface area contributed by atoms with Gasteiger partial charge in [0.1, 0.15) is 11.2 Å². The quantitative estimate of drug-likeness (QED) is 0.517. The number of nitrogens with zero attached hydrogens (tertiary/aromatic N) is 3. The third-order valence-electron chi connectivity index (χ3n) is 3.36. The molecule has 1 aromatic heterocycles. The van der Waals surface area contributed by atoms with Gasteiger partial charge in [-0.2, -0.15) is 0 Å². The van der Waals surface area contributed by atoms with Crippen LogP contribution in [0.2, 0.25) is 0 Å². The minimum absolute atomic E-state index is 0.114. The summed E-state index contributed by atoms with van der Waals surface area (Å²) in [5.41, 5.74) is 0.119. The van der Waals surface area contributed by atoms with Crippen molar-refractivity contribution in [3.8, 4) is 0 Å². The molecule has 24 heavy (non-hydrogen) atoms. The lowest BCUT2D eigenvalue weighted by molar-refractivity contribution is -0.392. The molecule has 3 rings (SSSR count). The van der Waals surface area contributed by atoms with E-state index >= 15 is 0 Å². The van der Waals surface area contributed by atoms with Crippen LogP contribution in [0.25, 0.3) is 10.9 Å². The van der Waals surface area contributed by atoms with E-state index in [1.54, 1.807) is 30.3 Å². The SMILES string of the molecule is O=[N+]([O-])c1cc([N+](=O)[O-])c2cccnc2c1Nc1ccc(Br)cc1. The molecule has 0 atom stereocenters. The zero-order valence-corrected chi connectivity index (χ0v) is 13.6. The Labute approximate surface area is 143 Å². The van der Waals surface area contributed by atoms with Gasteiger partial charge >= 0.3 is 5.69 Å². The zero-order chi connectivity index (χ0) is 17.3. The summed E-state index contributed by atoms with van der Waals surface area (Å²) in [4.78, 5) is 25.4. The van der Waals surface area contributed by atoms with Gasteiger partial charge in [0.25, 0.3) is 5.69 Å². The van der Waals surface area contributed by atoms with Crippen molar-refractivity contribution in [2.24, 2.45) is 0 Å². The number of anilines is 2. The smallest absolute Gasteiger partial charge is 0.301 e. The van der Waals surface area contributed by atoms with Crippen molar-refractivity contribution in [3.05, 3.63) is 73.4 Å². The molecule has 120 valence electrons. The topological polar surface area (TPSA) is 111 Å². The van der Waals surface area contributed by atoms with Gasteiger partial charge in [-0.3, -0.25) is 25.2 Å². The lowest BCUT2D eigenvalue weighted by atomic mass is 10.1. The molecule has 0 aliphatic rings. The number of pyridine rings is 1. The standard InChI is InChI=1S/C15H9BrN4O4/c16-9-3-5-10(6-4-9)18-15-13(20(23)24)8-12(19(21)22)11-2-1-7-17-14(11)15/h1-8,18H. The average Bonchev–Trinajstić information content (AvgIpc) is 2.56. The second-order valence-electron chi connectivity index (χ2n) is 4.84. The Kier molecular flexibility index (Phi) is 4.09. The number of hydrogen-bond acceptors (Lipinski definition) is 6. The van der Waals surface area contributed by atoms with Gasteiger partial charge in [0.15, 0.2) is 0 Å². The molecule has 8 nitrogen and oxygen atoms in total. The number of benzene rings is 2. The lowest BCUT2D eigenvalue weighted by Gasteiger charge is -2.10. The molecule has 0 spiro atoms. The van der Waals surface area contributed by atoms with Crippen molar-refractivity contribution < 1.29 is 9.85 Å². The van der Waals surface area contributed by atoms with Crippen molar-refractivity contribution in [1.82, 2.24) is 4.98 Å². The Morgan fingerprint density at radius 3 is 2.29 bits per heavy atom. The van der Waals surface area contributed by atoms with E-state index in [2.05, 4.69) is 26.2 Å². The fraction of sp³-hybridized carbons (Fsp3) is 0. The van der Waals surface area contributed by atoms with Crippen LogP contribution in [0.3, 0.4) is 0 Å². The molecule has 0 unspecified atom stereocenters. The lowest BCUT2D eigenvalue weighted by Crippen LogP contribution is -2.01. The van der Waals surface area contributed by atoms with Gasteiger partial charge in [-0.1, -0.05) is 15.9 Å². The van der Waals surface area contributed by atoms with Crippen molar-refractivity contribution in [2.45, 2.75) is 0 Å². The maximum atomic E-state index is 11.4. The van der Waals surface area contributed by atoms with Crippen LogP contribution in [0.5, 0.6) is 0 Å². The van der Waals surface area contributed by atoms with Crippen LogP contribution < -0.4 is 5.32 Å². The van der Waals surface area contributed by atoms with Crippen LogP contribution in [-0.2, 0) is 0 Å². The Morgan fingerprint density at radius 1 is 1.00 bits per heavy atom. The molecule has 2 aromatic carbocycles. The van der Waals surface area contributed by atoms with Gasteiger partial charge in [-0.25, -0.2) is 0 Å². The fourth-order valence-corrected chi connectivity index (χ4v) is 2.57. The molecule has 0 amide bonds. The van der Waals surface area contributed by atoms with Gasteiger partial charge in [0.05, 0.1) is 21.3 Å². The van der Waals surface area contributed by atoms with Gasteiger partial charge in [0, 0.05) is 16.4 Å². The van der Waals surface area contributed by atoms with E-state index in [0.717, 1.165) is 10.5 Å². The predicted molar refractivity (Wildman–Crippen MR) is 92.5 cm³/mol. The summed E-state index contributed by atoms with van der Waals surface area (Å²) < 4.78 is 0.856. The van der Waals surface area contributed by atoms with Crippen LogP contribution in [0.1, 0.15) is 0 Å². The number of nitro benzene ring substituents is 2. The first-order valence-corrected chi connectivity index (χ1v) is 7.50. The van der Waals surface area contributed by atoms with Gasteiger partial charge < -0.3 is 5.32 Å². The summed E-state index contributed by atoms with van der Waals surface area (Å²) in [5.74, 6) is 0. The van der Waals surface area contributed by atoms with Crippen molar-refractivity contribution in [1.29, 1.82) is 0 Å². The summed E-state index contributed by atoms with van der Waals surface area (Å²) >= 11 is 3.31. The van der Waals surface area contributed by atoms with E-state index < -0.39 is 15.5 Å². The molecular formula is C15H9BrN4O4. The maximum absolute atomic E-state index is 11.4. The second kappa shape index (κ2) is 6.20. The van der Waals surface area contributed by atoms with E-state index in [1.807, 2.05) is 0 Å². The third kappa shape index (κ3) is 2.88. The van der Waals surface area contributed by atoms with Crippen LogP contribution in [0, 0.1) is 20.2 Å². The summed E-state index contributed by atoms with van der Waals surface area (Å²) in [6.07, 6.45) is 1.43. The minimum atomic E-state index is -0.664. The van der Waals surface area contributed by atoms with Crippen molar-refractivity contribution in [3.63, 3.8) is 0 Å². The van der Waals surface area contributed by atoms with Crippen LogP contribution in [0.4, 0.5) is 22.7 Å². The van der Waals surface area contributed by atoms with Crippen LogP contribution >= 0.6 is 15.9 Å². The number of nitro groups is 2. The van der Waals surface area contributed by atoms with Gasteiger partial charge in [0.2, 0.25) is 0 Å². The minimum Gasteiger partial charge on any atom is -0.348 e. The first kappa shape index (κ1) is 15.8. The molecule has 0 aliphatic heterocycles. The highest BCUT2D eigenvalue weighted by atomic mass is 79.9. The Bertz CT molecular complexity index is 960. The number of non-ortho nitro benzene ring substituents is 1. The van der Waals surface area contributed by atoms with E-state index in [9.17, 15) is 20.2 Å². The first-order valence-electron chi connectivity index (χ1n) is 6.70. The molecule has 1 heterocycles. The molecule has 1 N–H and O–H groups in total. The molecule has 0 radical (unpaired) electrons. The largest absolute Gasteiger partial charge is 0.348 e. The highest BCUT2D eigenvalue weighted by molar-refractivity contribution is 9.10. The molecule has 0 fully saturated rings. The number of rotatable bonds is 4. The van der Waals surface area contributed by atoms with E-state index in [-0.39, 0.29) is 22.3 Å².